The molecule has 13 nitrogen and oxygen atoms in total. The molecule has 0 spiro atoms. The van der Waals surface area contributed by atoms with Crippen molar-refractivity contribution in [3.8, 4) is 0 Å². The summed E-state index contributed by atoms with van der Waals surface area (Å²) >= 11 is 0. The first-order valence-corrected chi connectivity index (χ1v) is 14.2. The van der Waals surface area contributed by atoms with Gasteiger partial charge in [-0.3, -0.25) is 13.7 Å². The van der Waals surface area contributed by atoms with Gasteiger partial charge in [-0.15, -0.1) is 0 Å². The van der Waals surface area contributed by atoms with Crippen molar-refractivity contribution in [1.82, 2.24) is 0 Å². The van der Waals surface area contributed by atoms with Crippen molar-refractivity contribution in [2.75, 3.05) is 37.1 Å². The summed E-state index contributed by atoms with van der Waals surface area (Å²) in [5.41, 5.74) is 0. The third-order valence-corrected chi connectivity index (χ3v) is 6.27. The third kappa shape index (κ3) is 13.0. The molecule has 1 aliphatic rings. The van der Waals surface area contributed by atoms with Gasteiger partial charge in [0.05, 0.1) is 37.1 Å². The van der Waals surface area contributed by atoms with Crippen molar-refractivity contribution in [2.45, 2.75) is 25.7 Å². The molecule has 0 aromatic carbocycles. The van der Waals surface area contributed by atoms with E-state index in [0.717, 1.165) is 0 Å². The molecular weight excluding hydrogens is 496 g/mol. The van der Waals surface area contributed by atoms with Crippen LogP contribution < -0.4 is 0 Å². The van der Waals surface area contributed by atoms with E-state index in [-0.39, 0.29) is 62.8 Å². The Labute approximate surface area is 186 Å². The largest absolute Gasteiger partial charge is 0.494 e. The van der Waals surface area contributed by atoms with Gasteiger partial charge in [-0.2, -0.15) is 25.3 Å². The van der Waals surface area contributed by atoms with Gasteiger partial charge in [-0.1, -0.05) is 0 Å². The maximum absolute atomic E-state index is 11.3. The van der Waals surface area contributed by atoms with Crippen LogP contribution in [-0.2, 0) is 49.4 Å². The highest BCUT2D eigenvalue weighted by Gasteiger charge is 2.27. The molecule has 0 bridgehead atoms. The molecule has 3 N–H and O–H groups in total. The Morgan fingerprint density at radius 2 is 1.22 bits per heavy atom. The molecule has 0 saturated carbocycles. The maximum Gasteiger partial charge on any atom is 0.264 e. The number of aldehydes is 1. The number of carbonyl (C=O) groups is 1. The van der Waals surface area contributed by atoms with Gasteiger partial charge in [-0.05, 0) is 25.3 Å². The molecular formula is C16H26O13S3. The number of carbonyl (C=O) groups excluding carboxylic acids is 1. The molecule has 0 radical (unpaired) electrons. The zero-order valence-corrected chi connectivity index (χ0v) is 19.4. The molecule has 186 valence electrons. The molecule has 1 rings (SSSR count). The lowest BCUT2D eigenvalue weighted by Crippen LogP contribution is -2.19. The van der Waals surface area contributed by atoms with Crippen LogP contribution in [0.2, 0.25) is 0 Å². The lowest BCUT2D eigenvalue weighted by molar-refractivity contribution is -0.110. The molecule has 0 aromatic rings. The van der Waals surface area contributed by atoms with Crippen LogP contribution in [0, 0.1) is 5.92 Å². The molecule has 0 unspecified atom stereocenters. The van der Waals surface area contributed by atoms with Crippen molar-refractivity contribution in [3.05, 3.63) is 23.4 Å². The van der Waals surface area contributed by atoms with Crippen molar-refractivity contribution in [1.29, 1.82) is 0 Å². The summed E-state index contributed by atoms with van der Waals surface area (Å²) in [7, 11) is -12.6. The van der Waals surface area contributed by atoms with E-state index >= 15 is 0 Å². The molecule has 1 aliphatic carbocycles. The normalized spacial score (nSPS) is 17.6. The lowest BCUT2D eigenvalue weighted by atomic mass is 9.98. The number of ether oxygens (including phenoxy) is 3. The number of hydrogen-bond donors (Lipinski definition) is 3. The van der Waals surface area contributed by atoms with E-state index in [1.165, 1.54) is 6.08 Å². The van der Waals surface area contributed by atoms with E-state index in [0.29, 0.717) is 6.29 Å². The van der Waals surface area contributed by atoms with Gasteiger partial charge in [-0.25, -0.2) is 0 Å². The van der Waals surface area contributed by atoms with Crippen molar-refractivity contribution in [3.63, 3.8) is 0 Å². The topological polar surface area (TPSA) is 208 Å². The highest BCUT2D eigenvalue weighted by atomic mass is 32.2. The van der Waals surface area contributed by atoms with E-state index in [2.05, 4.69) is 0 Å². The Bertz CT molecular complexity index is 1010. The smallest absolute Gasteiger partial charge is 0.264 e. The minimum Gasteiger partial charge on any atom is -0.494 e. The summed E-state index contributed by atoms with van der Waals surface area (Å²) in [6.07, 6.45) is 1.77. The van der Waals surface area contributed by atoms with Gasteiger partial charge in [0.2, 0.25) is 0 Å². The first-order valence-electron chi connectivity index (χ1n) is 9.34. The SMILES string of the molecule is O=C[C@H]1C=C(OCCCS(=O)(=O)O)C(OCCCS(=O)(=O)O)=C(OCCCS(=O)(=O)O)C1. The molecule has 0 aromatic heterocycles. The van der Waals surface area contributed by atoms with E-state index in [1.54, 1.807) is 0 Å². The number of rotatable bonds is 16. The molecule has 0 fully saturated rings. The molecule has 1 atom stereocenters. The Balaban J connectivity index is 2.94. The van der Waals surface area contributed by atoms with Gasteiger partial charge in [0.15, 0.2) is 11.5 Å². The minimum absolute atomic E-state index is 0.00264. The molecule has 0 heterocycles. The summed E-state index contributed by atoms with van der Waals surface area (Å²) < 4.78 is 108. The van der Waals surface area contributed by atoms with Crippen LogP contribution in [0.5, 0.6) is 0 Å². The summed E-state index contributed by atoms with van der Waals surface area (Å²) in [6.45, 7) is -0.524. The average Bonchev–Trinajstić information content (AvgIpc) is 2.64. The van der Waals surface area contributed by atoms with Gasteiger partial charge < -0.3 is 19.0 Å². The maximum atomic E-state index is 11.3. The standard InChI is InChI=1S/C16H26O13S3/c17-12-13-10-14(27-4-1-7-30(18,19)20)16(29-6-3-9-32(24,25)26)15(11-13)28-5-2-8-31(21,22)23/h10,12-13H,1-9,11H2,(H,18,19,20)(H,21,22,23)(H,24,25,26)/t13-/m0/s1. The van der Waals surface area contributed by atoms with Gasteiger partial charge >= 0.3 is 0 Å². The summed E-state index contributed by atoms with van der Waals surface area (Å²) in [5, 5.41) is 0. The molecule has 0 aliphatic heterocycles. The van der Waals surface area contributed by atoms with Crippen LogP contribution in [0.1, 0.15) is 25.7 Å². The van der Waals surface area contributed by atoms with Crippen molar-refractivity contribution in [2.24, 2.45) is 5.92 Å². The van der Waals surface area contributed by atoms with Crippen LogP contribution in [0.3, 0.4) is 0 Å². The first kappa shape index (κ1) is 28.3. The fourth-order valence-electron chi connectivity index (χ4n) is 2.53. The lowest BCUT2D eigenvalue weighted by Gasteiger charge is -2.25. The van der Waals surface area contributed by atoms with E-state index < -0.39 is 53.5 Å². The molecule has 16 heteroatoms. The summed E-state index contributed by atoms with van der Waals surface area (Å²) in [4.78, 5) is 11.3. The van der Waals surface area contributed by atoms with Gasteiger partial charge in [0.1, 0.15) is 12.0 Å². The fourth-order valence-corrected chi connectivity index (χ4v) is 3.97. The second-order valence-corrected chi connectivity index (χ2v) is 11.5. The Morgan fingerprint density at radius 3 is 1.66 bits per heavy atom. The molecule has 32 heavy (non-hydrogen) atoms. The van der Waals surface area contributed by atoms with E-state index in [4.69, 9.17) is 27.9 Å². The van der Waals surface area contributed by atoms with Gasteiger partial charge in [0.25, 0.3) is 30.4 Å². The van der Waals surface area contributed by atoms with Crippen LogP contribution in [-0.4, -0.2) is 82.3 Å². The first-order chi connectivity index (χ1) is 14.7. The van der Waals surface area contributed by atoms with E-state index in [1.807, 2.05) is 0 Å². The average molecular weight is 523 g/mol. The van der Waals surface area contributed by atoms with Crippen molar-refractivity contribution < 1.29 is 57.9 Å². The van der Waals surface area contributed by atoms with Crippen LogP contribution >= 0.6 is 0 Å². The Hall–Kier alpha value is -1.72. The summed E-state index contributed by atoms with van der Waals surface area (Å²) in [6, 6.07) is 0. The highest BCUT2D eigenvalue weighted by molar-refractivity contribution is 7.86. The number of hydrogen-bond acceptors (Lipinski definition) is 10. The molecule has 0 amide bonds. The zero-order valence-electron chi connectivity index (χ0n) is 17.0. The second-order valence-electron chi connectivity index (χ2n) is 6.75. The predicted molar refractivity (Wildman–Crippen MR) is 110 cm³/mol. The predicted octanol–water partition coefficient (Wildman–Crippen LogP) is 0.184. The zero-order chi connectivity index (χ0) is 24.4. The Kier molecular flexibility index (Phi) is 11.1. The van der Waals surface area contributed by atoms with Gasteiger partial charge in [0, 0.05) is 12.3 Å². The number of allylic oxidation sites excluding steroid dienone is 2. The highest BCUT2D eigenvalue weighted by Crippen LogP contribution is 2.31. The summed E-state index contributed by atoms with van der Waals surface area (Å²) in [5.74, 6) is -2.28. The monoisotopic (exact) mass is 522 g/mol. The third-order valence-electron chi connectivity index (χ3n) is 3.86. The van der Waals surface area contributed by atoms with Crippen LogP contribution in [0.25, 0.3) is 0 Å². The quantitative estimate of drug-likeness (QED) is 0.141. The van der Waals surface area contributed by atoms with E-state index in [9.17, 15) is 30.0 Å². The van der Waals surface area contributed by atoms with Crippen molar-refractivity contribution >= 4 is 36.6 Å². The molecule has 0 saturated heterocycles. The Morgan fingerprint density at radius 1 is 0.781 bits per heavy atom. The van der Waals surface area contributed by atoms with Crippen LogP contribution in [0.15, 0.2) is 23.4 Å². The van der Waals surface area contributed by atoms with Crippen LogP contribution in [0.4, 0.5) is 0 Å². The minimum atomic E-state index is -4.21. The fraction of sp³-hybridized carbons (Fsp3) is 0.688. The second kappa shape index (κ2) is 12.5.